The lowest BCUT2D eigenvalue weighted by molar-refractivity contribution is -0.255. The Morgan fingerprint density at radius 1 is 0.736 bits per heavy atom. The molecular formula is C36H38N3O11S3-3. The molecular weight excluding hydrogens is 747 g/mol. The minimum Gasteiger partial charge on any atom is -0.744 e. The van der Waals surface area contributed by atoms with Crippen LogP contribution in [0.1, 0.15) is 52.6 Å². The van der Waals surface area contributed by atoms with E-state index in [9.17, 15) is 50.2 Å². The third-order valence-corrected chi connectivity index (χ3v) is 9.29. The zero-order valence-corrected chi connectivity index (χ0v) is 31.8. The summed E-state index contributed by atoms with van der Waals surface area (Å²) in [5.41, 5.74) is 2.02. The van der Waals surface area contributed by atoms with Crippen LogP contribution in [0.15, 0.2) is 112 Å². The fourth-order valence-electron chi connectivity index (χ4n) is 4.05. The van der Waals surface area contributed by atoms with Crippen LogP contribution < -0.4 is 21.1 Å². The monoisotopic (exact) mass is 784 g/mol. The Morgan fingerprint density at radius 3 is 1.75 bits per heavy atom. The van der Waals surface area contributed by atoms with Gasteiger partial charge in [-0.25, -0.2) is 16.8 Å². The summed E-state index contributed by atoms with van der Waals surface area (Å²) >= 11 is 1.26. The first-order valence-corrected chi connectivity index (χ1v) is 19.3. The number of amides is 3. The number of rotatable bonds is 10. The van der Waals surface area contributed by atoms with Gasteiger partial charge in [-0.2, -0.15) is 0 Å². The molecule has 0 saturated heterocycles. The molecule has 53 heavy (non-hydrogen) atoms. The van der Waals surface area contributed by atoms with E-state index < -0.39 is 26.2 Å². The summed E-state index contributed by atoms with van der Waals surface area (Å²) < 4.78 is 64.4. The SMILES string of the molecule is CNC(=O)CSc1ccc(S(=O)(=O)[O-])cc1.Cc1cc(S(=O)(=O)[O-])ccc1C(=O)NC(C)(C)C.O=C(Cc1ccc(C(=O)[O-])cc1)Nc1ccccc1. The van der Waals surface area contributed by atoms with Gasteiger partial charge in [-0.1, -0.05) is 42.5 Å². The van der Waals surface area contributed by atoms with Crippen molar-refractivity contribution in [3.63, 3.8) is 0 Å². The predicted octanol–water partition coefficient (Wildman–Crippen LogP) is 3.09. The van der Waals surface area contributed by atoms with Crippen LogP contribution in [0.4, 0.5) is 5.69 Å². The van der Waals surface area contributed by atoms with Crippen molar-refractivity contribution >= 4 is 61.4 Å². The lowest BCUT2D eigenvalue weighted by Gasteiger charge is -2.21. The largest absolute Gasteiger partial charge is 0.744 e. The van der Waals surface area contributed by atoms with Crippen molar-refractivity contribution < 1.29 is 50.2 Å². The molecule has 3 N–H and O–H groups in total. The maximum absolute atomic E-state index is 11.9. The van der Waals surface area contributed by atoms with E-state index in [4.69, 9.17) is 0 Å². The second-order valence-electron chi connectivity index (χ2n) is 12.1. The Kier molecular flexibility index (Phi) is 16.4. The molecule has 0 radical (unpaired) electrons. The topological polar surface area (TPSA) is 242 Å². The number of hydrogen-bond donors (Lipinski definition) is 3. The molecule has 0 aromatic heterocycles. The fourth-order valence-corrected chi connectivity index (χ4v) is 5.84. The van der Waals surface area contributed by atoms with Gasteiger partial charge >= 0.3 is 0 Å². The molecule has 0 spiro atoms. The van der Waals surface area contributed by atoms with E-state index in [0.717, 1.165) is 22.2 Å². The maximum atomic E-state index is 11.9. The number of carbonyl (C=O) groups excluding carboxylic acids is 4. The van der Waals surface area contributed by atoms with Gasteiger partial charge in [0.2, 0.25) is 11.8 Å². The molecule has 17 heteroatoms. The minimum absolute atomic E-state index is 0.104. The smallest absolute Gasteiger partial charge is 0.251 e. The second-order valence-corrected chi connectivity index (χ2v) is 15.9. The Hall–Kier alpha value is -5.07. The average molecular weight is 785 g/mol. The van der Waals surface area contributed by atoms with E-state index >= 15 is 0 Å². The zero-order valence-electron chi connectivity index (χ0n) is 29.4. The Balaban J connectivity index is 0.000000276. The molecule has 0 unspecified atom stereocenters. The van der Waals surface area contributed by atoms with Gasteiger partial charge in [-0.15, -0.1) is 11.8 Å². The van der Waals surface area contributed by atoms with Crippen LogP contribution in [-0.2, 0) is 36.2 Å². The van der Waals surface area contributed by atoms with Crippen LogP contribution in [0.3, 0.4) is 0 Å². The number of aryl methyl sites for hydroxylation is 1. The molecule has 4 rings (SSSR count). The maximum Gasteiger partial charge on any atom is 0.251 e. The van der Waals surface area contributed by atoms with E-state index in [1.165, 1.54) is 67.3 Å². The normalized spacial score (nSPS) is 11.1. The van der Waals surface area contributed by atoms with Gasteiger partial charge in [0.1, 0.15) is 20.2 Å². The molecule has 0 atom stereocenters. The number of aromatic carboxylic acids is 1. The van der Waals surface area contributed by atoms with Crippen molar-refractivity contribution in [3.8, 4) is 0 Å². The summed E-state index contributed by atoms with van der Waals surface area (Å²) in [5, 5.41) is 18.6. The molecule has 0 heterocycles. The van der Waals surface area contributed by atoms with E-state index in [-0.39, 0.29) is 50.8 Å². The molecule has 0 aliphatic carbocycles. The number of thioether (sulfide) groups is 1. The Bertz CT molecular complexity index is 2100. The zero-order chi connectivity index (χ0) is 40.0. The van der Waals surface area contributed by atoms with Crippen molar-refractivity contribution in [1.82, 2.24) is 10.6 Å². The summed E-state index contributed by atoms with van der Waals surface area (Å²) in [5.74, 6) is -1.53. The molecule has 0 fully saturated rings. The molecule has 0 saturated carbocycles. The molecule has 0 bridgehead atoms. The van der Waals surface area contributed by atoms with Gasteiger partial charge < -0.3 is 35.0 Å². The van der Waals surface area contributed by atoms with Gasteiger partial charge in [0.25, 0.3) is 5.91 Å². The average Bonchev–Trinajstić information content (AvgIpc) is 3.07. The Morgan fingerprint density at radius 2 is 1.28 bits per heavy atom. The quantitative estimate of drug-likeness (QED) is 0.155. The highest BCUT2D eigenvalue weighted by Crippen LogP contribution is 2.20. The molecule has 4 aromatic carbocycles. The summed E-state index contributed by atoms with van der Waals surface area (Å²) in [6, 6.07) is 24.4. The number of carboxylic acids is 1. The second kappa shape index (κ2) is 19.7. The number of carbonyl (C=O) groups is 4. The predicted molar refractivity (Wildman–Crippen MR) is 195 cm³/mol. The van der Waals surface area contributed by atoms with Gasteiger partial charge in [0.15, 0.2) is 0 Å². The van der Waals surface area contributed by atoms with Gasteiger partial charge in [-0.3, -0.25) is 14.4 Å². The van der Waals surface area contributed by atoms with Crippen molar-refractivity contribution in [2.24, 2.45) is 0 Å². The lowest BCUT2D eigenvalue weighted by Crippen LogP contribution is -2.40. The highest BCUT2D eigenvalue weighted by Gasteiger charge is 2.17. The molecule has 284 valence electrons. The first-order valence-electron chi connectivity index (χ1n) is 15.5. The highest BCUT2D eigenvalue weighted by atomic mass is 32.2. The van der Waals surface area contributed by atoms with Crippen molar-refractivity contribution in [2.45, 2.75) is 54.3 Å². The van der Waals surface area contributed by atoms with Crippen LogP contribution in [0, 0.1) is 6.92 Å². The van der Waals surface area contributed by atoms with E-state index in [0.29, 0.717) is 11.1 Å². The van der Waals surface area contributed by atoms with Gasteiger partial charge in [-0.05, 0) is 99.0 Å². The van der Waals surface area contributed by atoms with Crippen molar-refractivity contribution in [2.75, 3.05) is 18.1 Å². The Labute approximate surface area is 312 Å². The number of hydrogen-bond acceptors (Lipinski definition) is 12. The number of nitrogens with one attached hydrogen (secondary N) is 3. The van der Waals surface area contributed by atoms with Crippen LogP contribution in [-0.4, -0.2) is 68.0 Å². The number of carboxylic acid groups (broad SMARTS) is 1. The van der Waals surface area contributed by atoms with Crippen LogP contribution in [0.2, 0.25) is 0 Å². The summed E-state index contributed by atoms with van der Waals surface area (Å²) in [6.07, 6.45) is 0.197. The van der Waals surface area contributed by atoms with E-state index in [1.54, 1.807) is 31.2 Å². The lowest BCUT2D eigenvalue weighted by atomic mass is 10.1. The van der Waals surface area contributed by atoms with Crippen molar-refractivity contribution in [3.05, 3.63) is 119 Å². The van der Waals surface area contributed by atoms with Gasteiger partial charge in [0.05, 0.1) is 27.9 Å². The third-order valence-electron chi connectivity index (χ3n) is 6.59. The van der Waals surface area contributed by atoms with E-state index in [1.807, 2.05) is 39.0 Å². The molecule has 14 nitrogen and oxygen atoms in total. The minimum atomic E-state index is -4.48. The molecule has 0 aliphatic rings. The molecule has 4 aromatic rings. The summed E-state index contributed by atoms with van der Waals surface area (Å²) in [7, 11) is -7.34. The highest BCUT2D eigenvalue weighted by molar-refractivity contribution is 8.00. The van der Waals surface area contributed by atoms with Crippen LogP contribution >= 0.6 is 11.8 Å². The first kappa shape index (κ1) is 44.1. The number of anilines is 1. The summed E-state index contributed by atoms with van der Waals surface area (Å²) in [6.45, 7) is 7.12. The van der Waals surface area contributed by atoms with Gasteiger partial charge in [0, 0.05) is 28.7 Å². The third kappa shape index (κ3) is 16.4. The van der Waals surface area contributed by atoms with Crippen LogP contribution in [0.5, 0.6) is 0 Å². The first-order chi connectivity index (χ1) is 24.6. The molecule has 0 aliphatic heterocycles. The standard InChI is InChI=1S/C15H13NO3.C12H17NO4S.C9H11NO4S2/c17-14(16-13-4-2-1-3-5-13)10-11-6-8-12(9-7-11)15(18)19;1-8-7-9(18(15,16)17)5-6-10(8)11(14)13-12(2,3)4;1-10-9(11)6-15-7-2-4-8(5-3-7)16(12,13)14/h1-9H,10H2,(H,16,17)(H,18,19);5-7H,1-4H3,(H,13,14)(H,15,16,17);2-5H,6H2,1H3,(H,10,11)(H,12,13,14)/p-3. The molecule has 3 amide bonds. The fraction of sp³-hybridized carbons (Fsp3) is 0.222. The van der Waals surface area contributed by atoms with Crippen LogP contribution in [0.25, 0.3) is 0 Å². The van der Waals surface area contributed by atoms with Crippen molar-refractivity contribution in [1.29, 1.82) is 0 Å². The van der Waals surface area contributed by atoms with E-state index in [2.05, 4.69) is 16.0 Å². The summed E-state index contributed by atoms with van der Waals surface area (Å²) in [4.78, 5) is 45.3. The number of para-hydroxylation sites is 1. The number of benzene rings is 4.